The minimum Gasteiger partial charge on any atom is -0.506 e. The van der Waals surface area contributed by atoms with Crippen LogP contribution in [0.1, 0.15) is 21.5 Å². The number of nitrogens with zero attached hydrogens (tertiary/aromatic N) is 1. The second-order valence-corrected chi connectivity index (χ2v) is 8.81. The van der Waals surface area contributed by atoms with Crippen LogP contribution in [0.4, 0.5) is 33.3 Å². The fourth-order valence-electron chi connectivity index (χ4n) is 3.74. The van der Waals surface area contributed by atoms with Crippen LogP contribution in [-0.2, 0) is 4.79 Å². The van der Waals surface area contributed by atoms with E-state index in [1.54, 1.807) is 19.1 Å². The Labute approximate surface area is 239 Å². The third kappa shape index (κ3) is 6.32. The molecule has 4 N–H and O–H groups in total. The Balaban J connectivity index is 1.73. The maximum atomic E-state index is 14.3. The SMILES string of the molecule is COc1ccc(Oc2cc(NC(=O)/C(=N/O)c3ccc(C)cc3)c(O)cc2NC(=O)c2c(F)c(F)c(F)c(F)c2F)cc1. The van der Waals surface area contributed by atoms with Crippen molar-refractivity contribution in [3.63, 3.8) is 0 Å². The molecule has 0 bridgehead atoms. The number of carbonyl (C=O) groups excluding carboxylic acids is 2. The Morgan fingerprint density at radius 3 is 1.88 bits per heavy atom. The third-order valence-electron chi connectivity index (χ3n) is 5.96. The summed E-state index contributed by atoms with van der Waals surface area (Å²) in [7, 11) is 1.42. The minimum atomic E-state index is -2.45. The van der Waals surface area contributed by atoms with E-state index in [0.717, 1.165) is 17.7 Å². The summed E-state index contributed by atoms with van der Waals surface area (Å²) in [5.41, 5.74) is -1.95. The zero-order chi connectivity index (χ0) is 31.4. The summed E-state index contributed by atoms with van der Waals surface area (Å²) in [5, 5.41) is 27.4. The van der Waals surface area contributed by atoms with E-state index in [1.807, 2.05) is 5.32 Å². The molecule has 4 aromatic rings. The number of halogens is 5. The predicted octanol–water partition coefficient (Wildman–Crippen LogP) is 6.27. The number of anilines is 2. The molecule has 2 amide bonds. The summed E-state index contributed by atoms with van der Waals surface area (Å²) in [5.74, 6) is -15.2. The van der Waals surface area contributed by atoms with Gasteiger partial charge in [0.1, 0.15) is 22.8 Å². The van der Waals surface area contributed by atoms with Crippen molar-refractivity contribution < 1.29 is 51.3 Å². The zero-order valence-corrected chi connectivity index (χ0v) is 22.1. The molecule has 0 saturated heterocycles. The maximum Gasteiger partial charge on any atom is 0.278 e. The van der Waals surface area contributed by atoms with Crippen LogP contribution in [0.15, 0.2) is 65.8 Å². The lowest BCUT2D eigenvalue weighted by Crippen LogP contribution is -2.24. The summed E-state index contributed by atoms with van der Waals surface area (Å²) in [6.45, 7) is 1.80. The van der Waals surface area contributed by atoms with E-state index in [0.29, 0.717) is 5.75 Å². The van der Waals surface area contributed by atoms with Crippen LogP contribution in [0.3, 0.4) is 0 Å². The van der Waals surface area contributed by atoms with E-state index >= 15 is 0 Å². The van der Waals surface area contributed by atoms with Gasteiger partial charge in [-0.3, -0.25) is 9.59 Å². The number of phenolic OH excluding ortho intramolecular Hbond substituents is 1. The van der Waals surface area contributed by atoms with Gasteiger partial charge in [-0.1, -0.05) is 35.0 Å². The molecule has 0 aliphatic heterocycles. The quantitative estimate of drug-likeness (QED) is 0.0359. The van der Waals surface area contributed by atoms with Crippen LogP contribution in [0.5, 0.6) is 23.0 Å². The van der Waals surface area contributed by atoms with Crippen molar-refractivity contribution in [1.29, 1.82) is 0 Å². The molecule has 43 heavy (non-hydrogen) atoms. The molecule has 0 saturated carbocycles. The maximum absolute atomic E-state index is 14.3. The molecule has 9 nitrogen and oxygen atoms in total. The molecular formula is C29H20F5N3O6. The molecule has 222 valence electrons. The average molecular weight is 601 g/mol. The monoisotopic (exact) mass is 601 g/mol. The van der Waals surface area contributed by atoms with Crippen molar-refractivity contribution in [2.24, 2.45) is 5.16 Å². The number of hydrogen-bond acceptors (Lipinski definition) is 7. The number of ether oxygens (including phenoxy) is 2. The first-order valence-electron chi connectivity index (χ1n) is 12.1. The fourth-order valence-corrected chi connectivity index (χ4v) is 3.74. The Morgan fingerprint density at radius 1 is 0.767 bits per heavy atom. The van der Waals surface area contributed by atoms with Crippen LogP contribution in [0.25, 0.3) is 0 Å². The third-order valence-corrected chi connectivity index (χ3v) is 5.96. The summed E-state index contributed by atoms with van der Waals surface area (Å²) in [4.78, 5) is 25.6. The number of carbonyl (C=O) groups is 2. The summed E-state index contributed by atoms with van der Waals surface area (Å²) < 4.78 is 80.3. The summed E-state index contributed by atoms with van der Waals surface area (Å²) in [6.07, 6.45) is 0. The Bertz CT molecular complexity index is 1720. The number of methoxy groups -OCH3 is 1. The van der Waals surface area contributed by atoms with Crippen molar-refractivity contribution in [2.45, 2.75) is 6.92 Å². The second kappa shape index (κ2) is 12.5. The van der Waals surface area contributed by atoms with Gasteiger partial charge >= 0.3 is 0 Å². The first-order valence-corrected chi connectivity index (χ1v) is 12.1. The first kappa shape index (κ1) is 30.3. The van der Waals surface area contributed by atoms with Crippen LogP contribution >= 0.6 is 0 Å². The van der Waals surface area contributed by atoms with Gasteiger partial charge in [-0.2, -0.15) is 0 Å². The van der Waals surface area contributed by atoms with Gasteiger partial charge in [0, 0.05) is 17.7 Å². The fraction of sp³-hybridized carbons (Fsp3) is 0.0690. The number of oxime groups is 1. The molecule has 0 radical (unpaired) electrons. The van der Waals surface area contributed by atoms with Gasteiger partial charge in [-0.05, 0) is 31.2 Å². The van der Waals surface area contributed by atoms with Crippen LogP contribution in [-0.4, -0.2) is 34.9 Å². The number of rotatable bonds is 8. The van der Waals surface area contributed by atoms with E-state index in [-0.39, 0.29) is 22.7 Å². The molecule has 0 aromatic heterocycles. The molecule has 4 rings (SSSR count). The van der Waals surface area contributed by atoms with Gasteiger partial charge in [-0.15, -0.1) is 0 Å². The van der Waals surface area contributed by atoms with E-state index in [2.05, 4.69) is 10.5 Å². The van der Waals surface area contributed by atoms with Crippen LogP contribution in [0, 0.1) is 36.0 Å². The first-order chi connectivity index (χ1) is 20.4. The van der Waals surface area contributed by atoms with Crippen molar-refractivity contribution in [3.8, 4) is 23.0 Å². The molecule has 0 atom stereocenters. The lowest BCUT2D eigenvalue weighted by Gasteiger charge is -2.17. The van der Waals surface area contributed by atoms with E-state index in [9.17, 15) is 41.9 Å². The summed E-state index contributed by atoms with van der Waals surface area (Å²) in [6, 6.07) is 14.0. The molecular weight excluding hydrogens is 581 g/mol. The van der Waals surface area contributed by atoms with E-state index in [4.69, 9.17) is 9.47 Å². The van der Waals surface area contributed by atoms with Gasteiger partial charge in [-0.25, -0.2) is 22.0 Å². The minimum absolute atomic E-state index is 0.104. The highest BCUT2D eigenvalue weighted by Gasteiger charge is 2.30. The molecule has 14 heteroatoms. The number of phenols is 1. The molecule has 0 aliphatic carbocycles. The second-order valence-electron chi connectivity index (χ2n) is 8.81. The number of aryl methyl sites for hydroxylation is 1. The van der Waals surface area contributed by atoms with E-state index < -0.39 is 63.6 Å². The largest absolute Gasteiger partial charge is 0.506 e. The molecule has 0 heterocycles. The average Bonchev–Trinajstić information content (AvgIpc) is 2.99. The molecule has 0 fully saturated rings. The molecule has 0 aliphatic rings. The standard InChI is InChI=1S/C29H20F5N3O6/c1-13-3-5-14(6-4-13)27(37-41)29(40)35-17-12-20(43-16-9-7-15(42-2)8-10-16)18(11-19(17)38)36-28(39)21-22(30)24(32)26(34)25(33)23(21)31/h3-12,38,41H,1-2H3,(H,35,40)(H,36,39)/b37-27+. The van der Waals surface area contributed by atoms with E-state index in [1.165, 1.54) is 43.5 Å². The predicted molar refractivity (Wildman–Crippen MR) is 143 cm³/mol. The van der Waals surface area contributed by atoms with Crippen molar-refractivity contribution in [1.82, 2.24) is 0 Å². The Kier molecular flexibility index (Phi) is 8.78. The van der Waals surface area contributed by atoms with Gasteiger partial charge in [0.05, 0.1) is 18.5 Å². The Hall–Kier alpha value is -5.66. The topological polar surface area (TPSA) is 129 Å². The molecule has 0 unspecified atom stereocenters. The van der Waals surface area contributed by atoms with Crippen LogP contribution < -0.4 is 20.1 Å². The number of hydrogen-bond donors (Lipinski definition) is 4. The highest BCUT2D eigenvalue weighted by atomic mass is 19.2. The zero-order valence-electron chi connectivity index (χ0n) is 22.1. The number of nitrogens with one attached hydrogen (secondary N) is 2. The normalized spacial score (nSPS) is 11.2. The van der Waals surface area contributed by atoms with Gasteiger partial charge < -0.3 is 30.4 Å². The lowest BCUT2D eigenvalue weighted by molar-refractivity contribution is -0.110. The van der Waals surface area contributed by atoms with Crippen molar-refractivity contribution in [2.75, 3.05) is 17.7 Å². The number of amides is 2. The highest BCUT2D eigenvalue weighted by Crippen LogP contribution is 2.39. The number of benzene rings is 4. The Morgan fingerprint density at radius 2 is 1.33 bits per heavy atom. The van der Waals surface area contributed by atoms with Gasteiger partial charge in [0.25, 0.3) is 11.8 Å². The lowest BCUT2D eigenvalue weighted by atomic mass is 10.1. The molecule has 0 spiro atoms. The summed E-state index contributed by atoms with van der Waals surface area (Å²) >= 11 is 0. The smallest absolute Gasteiger partial charge is 0.278 e. The van der Waals surface area contributed by atoms with Crippen molar-refractivity contribution in [3.05, 3.63) is 106 Å². The molecule has 4 aromatic carbocycles. The van der Waals surface area contributed by atoms with Crippen LogP contribution in [0.2, 0.25) is 0 Å². The van der Waals surface area contributed by atoms with Gasteiger partial charge in [0.2, 0.25) is 5.82 Å². The number of aromatic hydroxyl groups is 1. The van der Waals surface area contributed by atoms with Crippen molar-refractivity contribution >= 4 is 28.9 Å². The highest BCUT2D eigenvalue weighted by molar-refractivity contribution is 6.48. The van der Waals surface area contributed by atoms with Gasteiger partial charge in [0.15, 0.2) is 34.7 Å².